The van der Waals surface area contributed by atoms with Crippen LogP contribution < -0.4 is 0 Å². The molecule has 0 aromatic carbocycles. The molecular weight excluding hydrogens is 258 g/mol. The van der Waals surface area contributed by atoms with Crippen molar-refractivity contribution in [2.75, 3.05) is 47.1 Å². The summed E-state index contributed by atoms with van der Waals surface area (Å²) in [6, 6.07) is 0. The third-order valence-corrected chi connectivity index (χ3v) is 3.41. The first-order chi connectivity index (χ1) is 9.59. The molecule has 1 saturated heterocycles. The van der Waals surface area contributed by atoms with Gasteiger partial charge in [0.2, 0.25) is 0 Å². The molecule has 5 heteroatoms. The Kier molecular flexibility index (Phi) is 9.02. The molecule has 1 atom stereocenters. The van der Waals surface area contributed by atoms with Gasteiger partial charge in [-0.25, -0.2) is 0 Å². The number of rotatable bonds is 10. The Balaban J connectivity index is 1.91. The smallest absolute Gasteiger partial charge is 0.184 e. The maximum Gasteiger partial charge on any atom is 0.184 e. The van der Waals surface area contributed by atoms with Crippen molar-refractivity contribution in [3.63, 3.8) is 0 Å². The van der Waals surface area contributed by atoms with Gasteiger partial charge in [0, 0.05) is 19.1 Å². The molecule has 0 aliphatic carbocycles. The largest absolute Gasteiger partial charge is 0.380 e. The van der Waals surface area contributed by atoms with Crippen LogP contribution in [0.25, 0.3) is 0 Å². The van der Waals surface area contributed by atoms with Crippen LogP contribution in [0.1, 0.15) is 32.6 Å². The predicted octanol–water partition coefficient (Wildman–Crippen LogP) is 1.70. The van der Waals surface area contributed by atoms with Crippen LogP contribution >= 0.6 is 0 Å². The summed E-state index contributed by atoms with van der Waals surface area (Å²) in [6.07, 6.45) is 4.28. The minimum absolute atomic E-state index is 0.0309. The van der Waals surface area contributed by atoms with Crippen LogP contribution in [0, 0.1) is 5.92 Å². The van der Waals surface area contributed by atoms with Gasteiger partial charge in [0.1, 0.15) is 13.2 Å². The summed E-state index contributed by atoms with van der Waals surface area (Å²) in [7, 11) is 4.10. The number of likely N-dealkylation sites (N-methyl/N-ethyl adjacent to an activating group) is 1. The molecule has 5 nitrogen and oxygen atoms in total. The zero-order chi connectivity index (χ0) is 14.8. The van der Waals surface area contributed by atoms with E-state index in [0.29, 0.717) is 5.92 Å². The number of ether oxygens (including phenoxy) is 3. The molecule has 1 heterocycles. The van der Waals surface area contributed by atoms with Crippen molar-refractivity contribution < 1.29 is 19.0 Å². The number of ketones is 1. The number of unbranched alkanes of at least 4 members (excludes halogenated alkanes) is 2. The van der Waals surface area contributed by atoms with Crippen LogP contribution in [0.15, 0.2) is 0 Å². The van der Waals surface area contributed by atoms with Crippen LogP contribution in [0.5, 0.6) is 0 Å². The van der Waals surface area contributed by atoms with Crippen LogP contribution in [-0.4, -0.2) is 64.0 Å². The van der Waals surface area contributed by atoms with Crippen molar-refractivity contribution >= 4 is 5.78 Å². The molecule has 1 aliphatic heterocycles. The highest BCUT2D eigenvalue weighted by Crippen LogP contribution is 2.19. The van der Waals surface area contributed by atoms with Crippen LogP contribution in [0.4, 0.5) is 0 Å². The van der Waals surface area contributed by atoms with Crippen molar-refractivity contribution in [3.8, 4) is 0 Å². The number of Topliss-reactive ketones (excluding diaryl/α,β-unsaturated/α-hetero) is 1. The molecule has 1 fully saturated rings. The lowest BCUT2D eigenvalue weighted by atomic mass is 10.0. The van der Waals surface area contributed by atoms with Gasteiger partial charge in [-0.2, -0.15) is 0 Å². The molecule has 0 aromatic rings. The third-order valence-electron chi connectivity index (χ3n) is 3.41. The molecule has 0 amide bonds. The van der Waals surface area contributed by atoms with E-state index in [1.165, 1.54) is 0 Å². The summed E-state index contributed by atoms with van der Waals surface area (Å²) in [5.74, 6) is 0.376. The first kappa shape index (κ1) is 17.6. The summed E-state index contributed by atoms with van der Waals surface area (Å²) < 4.78 is 16.3. The van der Waals surface area contributed by atoms with E-state index >= 15 is 0 Å². The first-order valence-electron chi connectivity index (χ1n) is 7.57. The zero-order valence-corrected chi connectivity index (χ0v) is 13.1. The van der Waals surface area contributed by atoms with Gasteiger partial charge >= 0.3 is 0 Å². The summed E-state index contributed by atoms with van der Waals surface area (Å²) in [5, 5.41) is 0. The number of hydrogen-bond donors (Lipinski definition) is 0. The third kappa shape index (κ3) is 7.94. The van der Waals surface area contributed by atoms with E-state index in [-0.39, 0.29) is 25.3 Å². The highest BCUT2D eigenvalue weighted by atomic mass is 16.7. The van der Waals surface area contributed by atoms with E-state index in [0.717, 1.165) is 45.4 Å². The van der Waals surface area contributed by atoms with Crippen LogP contribution in [-0.2, 0) is 19.0 Å². The fourth-order valence-electron chi connectivity index (χ4n) is 2.10. The van der Waals surface area contributed by atoms with E-state index in [1.807, 2.05) is 14.1 Å². The molecule has 0 bridgehead atoms. The molecular formula is C15H29NO4. The number of nitrogens with zero attached hydrogens (tertiary/aromatic N) is 1. The molecule has 0 radical (unpaired) electrons. The Morgan fingerprint density at radius 3 is 2.55 bits per heavy atom. The lowest BCUT2D eigenvalue weighted by Crippen LogP contribution is -2.36. The second-order valence-electron chi connectivity index (χ2n) is 5.77. The van der Waals surface area contributed by atoms with Gasteiger partial charge in [0.25, 0.3) is 0 Å². The molecule has 0 N–H and O–H groups in total. The summed E-state index contributed by atoms with van der Waals surface area (Å²) >= 11 is 0. The lowest BCUT2D eigenvalue weighted by molar-refractivity contribution is -0.202. The van der Waals surface area contributed by atoms with Crippen molar-refractivity contribution in [3.05, 3.63) is 0 Å². The summed E-state index contributed by atoms with van der Waals surface area (Å²) in [4.78, 5) is 13.1. The molecule has 0 spiro atoms. The van der Waals surface area contributed by atoms with Gasteiger partial charge in [-0.15, -0.1) is 0 Å². The topological polar surface area (TPSA) is 48.0 Å². The highest BCUT2D eigenvalue weighted by Gasteiger charge is 2.24. The Bertz CT molecular complexity index is 261. The average molecular weight is 287 g/mol. The van der Waals surface area contributed by atoms with E-state index in [9.17, 15) is 4.79 Å². The lowest BCUT2D eigenvalue weighted by Gasteiger charge is -2.27. The maximum absolute atomic E-state index is 11.0. The Hall–Kier alpha value is -0.490. The van der Waals surface area contributed by atoms with Gasteiger partial charge in [-0.1, -0.05) is 19.8 Å². The van der Waals surface area contributed by atoms with Gasteiger partial charge in [0.15, 0.2) is 12.1 Å². The second-order valence-corrected chi connectivity index (χ2v) is 5.77. The fraction of sp³-hybridized carbons (Fsp3) is 0.933. The standard InChI is InChI=1S/C15H29NO4/c1-13(15-19-11-14(17)12-20-15)7-5-4-6-9-18-10-8-16(2)3/h13,15H,4-12H2,1-3H3. The number of carbonyl (C=O) groups is 1. The average Bonchev–Trinajstić information content (AvgIpc) is 2.42. The van der Waals surface area contributed by atoms with E-state index in [4.69, 9.17) is 14.2 Å². The molecule has 20 heavy (non-hydrogen) atoms. The Morgan fingerprint density at radius 2 is 1.90 bits per heavy atom. The van der Waals surface area contributed by atoms with Crippen LogP contribution in [0.2, 0.25) is 0 Å². The van der Waals surface area contributed by atoms with Gasteiger partial charge in [-0.3, -0.25) is 4.79 Å². The van der Waals surface area contributed by atoms with Gasteiger partial charge in [-0.05, 0) is 26.9 Å². The van der Waals surface area contributed by atoms with Crippen LogP contribution in [0.3, 0.4) is 0 Å². The van der Waals surface area contributed by atoms with E-state index < -0.39 is 0 Å². The van der Waals surface area contributed by atoms with Crippen molar-refractivity contribution in [1.82, 2.24) is 4.90 Å². The van der Waals surface area contributed by atoms with Crippen molar-refractivity contribution in [2.45, 2.75) is 38.9 Å². The summed E-state index contributed by atoms with van der Waals surface area (Å²) in [6.45, 7) is 5.15. The molecule has 0 saturated carbocycles. The van der Waals surface area contributed by atoms with Gasteiger partial charge in [0.05, 0.1) is 6.61 Å². The van der Waals surface area contributed by atoms with Gasteiger partial charge < -0.3 is 19.1 Å². The predicted molar refractivity (Wildman–Crippen MR) is 77.7 cm³/mol. The Morgan fingerprint density at radius 1 is 1.20 bits per heavy atom. The second kappa shape index (κ2) is 10.3. The normalized spacial score (nSPS) is 18.7. The SMILES string of the molecule is CC(CCCCCOCCN(C)C)C1OCC(=O)CO1. The van der Waals surface area contributed by atoms with Crippen molar-refractivity contribution in [2.24, 2.45) is 5.92 Å². The monoisotopic (exact) mass is 287 g/mol. The minimum atomic E-state index is -0.205. The molecule has 1 aliphatic rings. The molecule has 1 rings (SSSR count). The van der Waals surface area contributed by atoms with E-state index in [1.54, 1.807) is 0 Å². The molecule has 0 aromatic heterocycles. The quantitative estimate of drug-likeness (QED) is 0.572. The Labute approximate surface area is 122 Å². The fourth-order valence-corrected chi connectivity index (χ4v) is 2.10. The van der Waals surface area contributed by atoms with Crippen molar-refractivity contribution in [1.29, 1.82) is 0 Å². The number of hydrogen-bond acceptors (Lipinski definition) is 5. The minimum Gasteiger partial charge on any atom is -0.380 e. The maximum atomic E-state index is 11.0. The first-order valence-corrected chi connectivity index (χ1v) is 7.57. The highest BCUT2D eigenvalue weighted by molar-refractivity contribution is 5.81. The molecule has 1 unspecified atom stereocenters. The van der Waals surface area contributed by atoms with E-state index in [2.05, 4.69) is 11.8 Å². The summed E-state index contributed by atoms with van der Waals surface area (Å²) in [5.41, 5.74) is 0. The zero-order valence-electron chi connectivity index (χ0n) is 13.1. The molecule has 118 valence electrons. The number of carbonyl (C=O) groups excluding carboxylic acids is 1.